The van der Waals surface area contributed by atoms with Gasteiger partial charge < -0.3 is 15.5 Å². The summed E-state index contributed by atoms with van der Waals surface area (Å²) < 4.78 is 0.891. The minimum Gasteiger partial charge on any atom is -0.394 e. The molecule has 90 valence electrons. The average Bonchev–Trinajstić information content (AvgIpc) is 2.25. The SMILES string of the molecule is Cc1cc(Cl)c(NCC(O)CO)c(Br)c1C. The fourth-order valence-corrected chi connectivity index (χ4v) is 2.39. The summed E-state index contributed by atoms with van der Waals surface area (Å²) in [6.07, 6.45) is -0.787. The predicted octanol–water partition coefficient (Wildman–Crippen LogP) is 2.48. The summed E-state index contributed by atoms with van der Waals surface area (Å²) in [5, 5.41) is 21.6. The van der Waals surface area contributed by atoms with Gasteiger partial charge in [0.05, 0.1) is 23.4 Å². The first-order valence-electron chi connectivity index (χ1n) is 4.95. The van der Waals surface area contributed by atoms with Crippen molar-refractivity contribution in [2.45, 2.75) is 20.0 Å². The summed E-state index contributed by atoms with van der Waals surface area (Å²) in [7, 11) is 0. The van der Waals surface area contributed by atoms with Gasteiger partial charge in [-0.05, 0) is 47.0 Å². The van der Waals surface area contributed by atoms with Crippen LogP contribution < -0.4 is 5.32 Å². The third-order valence-corrected chi connectivity index (χ3v) is 3.74. The van der Waals surface area contributed by atoms with Crippen LogP contribution in [0.25, 0.3) is 0 Å². The van der Waals surface area contributed by atoms with Crippen molar-refractivity contribution in [1.82, 2.24) is 0 Å². The summed E-state index contributed by atoms with van der Waals surface area (Å²) in [5.74, 6) is 0. The lowest BCUT2D eigenvalue weighted by molar-refractivity contribution is 0.105. The average molecular weight is 309 g/mol. The Morgan fingerprint density at radius 1 is 1.50 bits per heavy atom. The number of rotatable bonds is 4. The molecule has 1 unspecified atom stereocenters. The number of aliphatic hydroxyl groups excluding tert-OH is 2. The Balaban J connectivity index is 2.92. The van der Waals surface area contributed by atoms with Crippen LogP contribution in [0.1, 0.15) is 11.1 Å². The molecule has 1 rings (SSSR count). The fraction of sp³-hybridized carbons (Fsp3) is 0.455. The normalized spacial score (nSPS) is 12.6. The van der Waals surface area contributed by atoms with Crippen molar-refractivity contribution in [2.75, 3.05) is 18.5 Å². The van der Waals surface area contributed by atoms with Crippen LogP contribution in [-0.4, -0.2) is 29.5 Å². The highest BCUT2D eigenvalue weighted by molar-refractivity contribution is 9.10. The summed E-state index contributed by atoms with van der Waals surface area (Å²) in [6, 6.07) is 1.87. The van der Waals surface area contributed by atoms with Crippen molar-refractivity contribution < 1.29 is 10.2 Å². The van der Waals surface area contributed by atoms with Gasteiger partial charge in [0.25, 0.3) is 0 Å². The second kappa shape index (κ2) is 5.87. The van der Waals surface area contributed by atoms with E-state index in [-0.39, 0.29) is 13.2 Å². The van der Waals surface area contributed by atoms with E-state index >= 15 is 0 Å². The quantitative estimate of drug-likeness (QED) is 0.801. The molecular formula is C11H15BrClNO2. The summed E-state index contributed by atoms with van der Waals surface area (Å²) in [6.45, 7) is 3.96. The maximum atomic E-state index is 9.25. The van der Waals surface area contributed by atoms with Gasteiger partial charge in [0.1, 0.15) is 0 Å². The monoisotopic (exact) mass is 307 g/mol. The van der Waals surface area contributed by atoms with Gasteiger partial charge in [0.15, 0.2) is 0 Å². The highest BCUT2D eigenvalue weighted by Crippen LogP contribution is 2.35. The number of anilines is 1. The largest absolute Gasteiger partial charge is 0.394 e. The lowest BCUT2D eigenvalue weighted by Crippen LogP contribution is -2.23. The van der Waals surface area contributed by atoms with Gasteiger partial charge >= 0.3 is 0 Å². The fourth-order valence-electron chi connectivity index (χ4n) is 1.28. The van der Waals surface area contributed by atoms with Crippen LogP contribution in [0.4, 0.5) is 5.69 Å². The van der Waals surface area contributed by atoms with Gasteiger partial charge in [-0.25, -0.2) is 0 Å². The van der Waals surface area contributed by atoms with Crippen LogP contribution in [-0.2, 0) is 0 Å². The van der Waals surface area contributed by atoms with Gasteiger partial charge in [-0.3, -0.25) is 0 Å². The van der Waals surface area contributed by atoms with Gasteiger partial charge in [0.2, 0.25) is 0 Å². The molecule has 0 aliphatic carbocycles. The maximum absolute atomic E-state index is 9.25. The highest BCUT2D eigenvalue weighted by Gasteiger charge is 2.11. The zero-order chi connectivity index (χ0) is 12.3. The molecule has 0 aromatic heterocycles. The van der Waals surface area contributed by atoms with E-state index in [1.54, 1.807) is 0 Å². The number of nitrogens with one attached hydrogen (secondary N) is 1. The van der Waals surface area contributed by atoms with Crippen molar-refractivity contribution in [2.24, 2.45) is 0 Å². The Morgan fingerprint density at radius 3 is 2.69 bits per heavy atom. The lowest BCUT2D eigenvalue weighted by Gasteiger charge is -2.16. The van der Waals surface area contributed by atoms with Crippen LogP contribution in [0.15, 0.2) is 10.5 Å². The molecule has 5 heteroatoms. The molecule has 1 aromatic rings. The second-order valence-electron chi connectivity index (χ2n) is 3.71. The molecule has 1 aromatic carbocycles. The van der Waals surface area contributed by atoms with Crippen molar-refractivity contribution in [1.29, 1.82) is 0 Å². The van der Waals surface area contributed by atoms with Crippen molar-refractivity contribution in [3.63, 3.8) is 0 Å². The van der Waals surface area contributed by atoms with Crippen LogP contribution in [0.5, 0.6) is 0 Å². The molecule has 1 atom stereocenters. The Hall–Kier alpha value is -0.290. The van der Waals surface area contributed by atoms with Crippen LogP contribution in [0.2, 0.25) is 5.02 Å². The molecule has 16 heavy (non-hydrogen) atoms. The second-order valence-corrected chi connectivity index (χ2v) is 4.91. The molecule has 0 radical (unpaired) electrons. The molecule has 0 aliphatic rings. The number of hydrogen-bond acceptors (Lipinski definition) is 3. The van der Waals surface area contributed by atoms with E-state index in [2.05, 4.69) is 21.2 Å². The van der Waals surface area contributed by atoms with Crippen molar-refractivity contribution >= 4 is 33.2 Å². The first-order chi connectivity index (χ1) is 7.47. The van der Waals surface area contributed by atoms with E-state index in [1.165, 1.54) is 0 Å². The summed E-state index contributed by atoms with van der Waals surface area (Å²) in [5.41, 5.74) is 2.95. The lowest BCUT2D eigenvalue weighted by atomic mass is 10.1. The van der Waals surface area contributed by atoms with Crippen molar-refractivity contribution in [3.05, 3.63) is 26.7 Å². The zero-order valence-electron chi connectivity index (χ0n) is 9.22. The van der Waals surface area contributed by atoms with E-state index in [4.69, 9.17) is 16.7 Å². The van der Waals surface area contributed by atoms with E-state index in [9.17, 15) is 5.11 Å². The number of aryl methyl sites for hydroxylation is 1. The Bertz CT molecular complexity index is 385. The zero-order valence-corrected chi connectivity index (χ0v) is 11.6. The first kappa shape index (κ1) is 13.8. The van der Waals surface area contributed by atoms with Gasteiger partial charge in [0, 0.05) is 11.0 Å². The molecule has 0 amide bonds. The molecule has 3 N–H and O–H groups in total. The molecule has 0 spiro atoms. The van der Waals surface area contributed by atoms with Crippen LogP contribution in [0, 0.1) is 13.8 Å². The van der Waals surface area contributed by atoms with E-state index in [0.717, 1.165) is 21.3 Å². The van der Waals surface area contributed by atoms with Crippen LogP contribution >= 0.6 is 27.5 Å². The number of aliphatic hydroxyl groups is 2. The smallest absolute Gasteiger partial charge is 0.0942 e. The summed E-state index contributed by atoms with van der Waals surface area (Å²) >= 11 is 9.56. The molecule has 0 aliphatic heterocycles. The third kappa shape index (κ3) is 3.10. The van der Waals surface area contributed by atoms with E-state index < -0.39 is 6.10 Å². The predicted molar refractivity (Wildman–Crippen MR) is 70.2 cm³/mol. The molecule has 0 saturated heterocycles. The summed E-state index contributed by atoms with van der Waals surface area (Å²) in [4.78, 5) is 0. The number of benzene rings is 1. The first-order valence-corrected chi connectivity index (χ1v) is 6.12. The third-order valence-electron chi connectivity index (χ3n) is 2.45. The molecule has 0 heterocycles. The van der Waals surface area contributed by atoms with Gasteiger partial charge in [-0.1, -0.05) is 11.6 Å². The number of halogens is 2. The standard InChI is InChI=1S/C11H15BrClNO2/c1-6-3-9(13)11(10(12)7(6)2)14-4-8(16)5-15/h3,8,14-16H,4-5H2,1-2H3. The highest BCUT2D eigenvalue weighted by atomic mass is 79.9. The maximum Gasteiger partial charge on any atom is 0.0942 e. The van der Waals surface area contributed by atoms with Crippen molar-refractivity contribution in [3.8, 4) is 0 Å². The number of hydrogen-bond donors (Lipinski definition) is 3. The van der Waals surface area contributed by atoms with E-state index in [0.29, 0.717) is 5.02 Å². The molecule has 0 fully saturated rings. The van der Waals surface area contributed by atoms with Gasteiger partial charge in [-0.2, -0.15) is 0 Å². The van der Waals surface area contributed by atoms with Crippen LogP contribution in [0.3, 0.4) is 0 Å². The Morgan fingerprint density at radius 2 is 2.12 bits per heavy atom. The molecular weight excluding hydrogens is 293 g/mol. The topological polar surface area (TPSA) is 52.5 Å². The van der Waals surface area contributed by atoms with Gasteiger partial charge in [-0.15, -0.1) is 0 Å². The molecule has 0 saturated carbocycles. The Labute approximate surface area is 109 Å². The molecule has 0 bridgehead atoms. The van der Waals surface area contributed by atoms with E-state index in [1.807, 2.05) is 19.9 Å². The minimum absolute atomic E-state index is 0.261. The Kier molecular flexibility index (Phi) is 5.05. The molecule has 3 nitrogen and oxygen atoms in total. The minimum atomic E-state index is -0.787.